The fraction of sp³-hybridized carbons (Fsp3) is 0.571. The average Bonchev–Trinajstić information content (AvgIpc) is 2.63. The SMILES string of the molecule is Cc1sc2ncnc(N(CCO)C3CCC3)c2c1C. The van der Waals surface area contributed by atoms with Crippen molar-refractivity contribution in [1.82, 2.24) is 9.97 Å². The summed E-state index contributed by atoms with van der Waals surface area (Å²) in [4.78, 5) is 13.5. The topological polar surface area (TPSA) is 49.2 Å². The van der Waals surface area contributed by atoms with E-state index in [9.17, 15) is 5.11 Å². The highest BCUT2D eigenvalue weighted by molar-refractivity contribution is 7.18. The second kappa shape index (κ2) is 5.06. The van der Waals surface area contributed by atoms with Crippen LogP contribution in [0.25, 0.3) is 10.2 Å². The van der Waals surface area contributed by atoms with E-state index in [-0.39, 0.29) is 6.61 Å². The largest absolute Gasteiger partial charge is 0.395 e. The first-order valence-electron chi connectivity index (χ1n) is 6.80. The van der Waals surface area contributed by atoms with Gasteiger partial charge in [-0.25, -0.2) is 9.97 Å². The van der Waals surface area contributed by atoms with Crippen LogP contribution in [0.3, 0.4) is 0 Å². The molecule has 0 saturated heterocycles. The lowest BCUT2D eigenvalue weighted by Crippen LogP contribution is -2.42. The Bertz CT molecular complexity index is 592. The molecule has 1 aliphatic rings. The standard InChI is InChI=1S/C14H19N3OS/c1-9-10(2)19-14-12(9)13(15-8-16-14)17(6-7-18)11-4-3-5-11/h8,11,18H,3-7H2,1-2H3. The third kappa shape index (κ3) is 2.11. The third-order valence-corrected chi connectivity index (χ3v) is 5.19. The van der Waals surface area contributed by atoms with Gasteiger partial charge >= 0.3 is 0 Å². The van der Waals surface area contributed by atoms with E-state index in [1.807, 2.05) is 0 Å². The van der Waals surface area contributed by atoms with Gasteiger partial charge in [0.05, 0.1) is 12.0 Å². The fourth-order valence-electron chi connectivity index (χ4n) is 2.65. The van der Waals surface area contributed by atoms with Crippen molar-refractivity contribution in [3.63, 3.8) is 0 Å². The summed E-state index contributed by atoms with van der Waals surface area (Å²) in [7, 11) is 0. The molecule has 1 aliphatic carbocycles. The van der Waals surface area contributed by atoms with Crippen molar-refractivity contribution >= 4 is 27.4 Å². The van der Waals surface area contributed by atoms with Crippen LogP contribution in [0.15, 0.2) is 6.33 Å². The number of hydrogen-bond acceptors (Lipinski definition) is 5. The minimum absolute atomic E-state index is 0.171. The summed E-state index contributed by atoms with van der Waals surface area (Å²) < 4.78 is 0. The van der Waals surface area contributed by atoms with Crippen LogP contribution in [0, 0.1) is 13.8 Å². The highest BCUT2D eigenvalue weighted by atomic mass is 32.1. The van der Waals surface area contributed by atoms with E-state index < -0.39 is 0 Å². The molecule has 1 saturated carbocycles. The lowest BCUT2D eigenvalue weighted by molar-refractivity contribution is 0.283. The van der Waals surface area contributed by atoms with Gasteiger partial charge in [0.1, 0.15) is 17.0 Å². The Morgan fingerprint density at radius 2 is 2.16 bits per heavy atom. The van der Waals surface area contributed by atoms with E-state index in [4.69, 9.17) is 0 Å². The molecule has 1 fully saturated rings. The number of aryl methyl sites for hydroxylation is 2. The van der Waals surface area contributed by atoms with Crippen molar-refractivity contribution in [3.8, 4) is 0 Å². The van der Waals surface area contributed by atoms with E-state index in [2.05, 4.69) is 28.7 Å². The Morgan fingerprint density at radius 3 is 2.79 bits per heavy atom. The molecule has 0 bridgehead atoms. The molecular weight excluding hydrogens is 258 g/mol. The van der Waals surface area contributed by atoms with Crippen LogP contribution >= 0.6 is 11.3 Å². The minimum atomic E-state index is 0.171. The lowest BCUT2D eigenvalue weighted by atomic mass is 9.91. The van der Waals surface area contributed by atoms with E-state index in [0.717, 1.165) is 10.6 Å². The monoisotopic (exact) mass is 277 g/mol. The molecule has 3 rings (SSSR count). The second-order valence-corrected chi connectivity index (χ2v) is 6.37. The lowest BCUT2D eigenvalue weighted by Gasteiger charge is -2.38. The summed E-state index contributed by atoms with van der Waals surface area (Å²) in [5.41, 5.74) is 1.28. The van der Waals surface area contributed by atoms with Crippen molar-refractivity contribution < 1.29 is 5.11 Å². The molecule has 19 heavy (non-hydrogen) atoms. The van der Waals surface area contributed by atoms with Gasteiger partial charge in [0.2, 0.25) is 0 Å². The Kier molecular flexibility index (Phi) is 3.41. The summed E-state index contributed by atoms with van der Waals surface area (Å²) in [6.07, 6.45) is 5.33. The number of aromatic nitrogens is 2. The summed E-state index contributed by atoms with van der Waals surface area (Å²) in [6.45, 7) is 5.10. The minimum Gasteiger partial charge on any atom is -0.395 e. The van der Waals surface area contributed by atoms with Crippen LogP contribution in [0.4, 0.5) is 5.82 Å². The van der Waals surface area contributed by atoms with Crippen LogP contribution in [0.2, 0.25) is 0 Å². The van der Waals surface area contributed by atoms with Crippen LogP contribution in [-0.4, -0.2) is 34.3 Å². The smallest absolute Gasteiger partial charge is 0.141 e. The maximum Gasteiger partial charge on any atom is 0.141 e. The summed E-state index contributed by atoms with van der Waals surface area (Å²) >= 11 is 1.73. The Hall–Kier alpha value is -1.20. The number of aliphatic hydroxyl groups excluding tert-OH is 1. The molecule has 2 aromatic rings. The molecule has 0 unspecified atom stereocenters. The number of aliphatic hydroxyl groups is 1. The molecule has 0 radical (unpaired) electrons. The number of fused-ring (bicyclic) bond motifs is 1. The van der Waals surface area contributed by atoms with Crippen molar-refractivity contribution in [2.75, 3.05) is 18.1 Å². The Labute approximate surface area is 117 Å². The van der Waals surface area contributed by atoms with Crippen LogP contribution < -0.4 is 4.90 Å². The number of hydrogen-bond donors (Lipinski definition) is 1. The molecule has 0 amide bonds. The van der Waals surface area contributed by atoms with Gasteiger partial charge in [-0.15, -0.1) is 11.3 Å². The molecule has 2 heterocycles. The first kappa shape index (κ1) is 12.8. The number of thiophene rings is 1. The van der Waals surface area contributed by atoms with E-state index in [0.29, 0.717) is 12.6 Å². The molecule has 0 aromatic carbocycles. The number of anilines is 1. The van der Waals surface area contributed by atoms with Gasteiger partial charge in [-0.3, -0.25) is 0 Å². The van der Waals surface area contributed by atoms with E-state index >= 15 is 0 Å². The van der Waals surface area contributed by atoms with Gasteiger partial charge < -0.3 is 10.0 Å². The second-order valence-electron chi connectivity index (χ2n) is 5.16. The molecular formula is C14H19N3OS. The summed E-state index contributed by atoms with van der Waals surface area (Å²) in [5, 5.41) is 10.5. The zero-order chi connectivity index (χ0) is 13.4. The highest BCUT2D eigenvalue weighted by Crippen LogP contribution is 2.37. The predicted octanol–water partition coefficient (Wildman–Crippen LogP) is 2.66. The van der Waals surface area contributed by atoms with Gasteiger partial charge in [0, 0.05) is 17.5 Å². The quantitative estimate of drug-likeness (QED) is 0.933. The van der Waals surface area contributed by atoms with Gasteiger partial charge in [0.15, 0.2) is 0 Å². The zero-order valence-electron chi connectivity index (χ0n) is 11.4. The highest BCUT2D eigenvalue weighted by Gasteiger charge is 2.27. The molecule has 0 atom stereocenters. The third-order valence-electron chi connectivity index (χ3n) is 4.07. The van der Waals surface area contributed by atoms with E-state index in [1.54, 1.807) is 17.7 Å². The molecule has 1 N–H and O–H groups in total. The molecule has 0 aliphatic heterocycles. The van der Waals surface area contributed by atoms with Gasteiger partial charge in [-0.1, -0.05) is 0 Å². The van der Waals surface area contributed by atoms with Crippen molar-refractivity contribution in [1.29, 1.82) is 0 Å². The average molecular weight is 277 g/mol. The molecule has 0 spiro atoms. The molecule has 2 aromatic heterocycles. The molecule has 5 heteroatoms. The number of rotatable bonds is 4. The Morgan fingerprint density at radius 1 is 1.37 bits per heavy atom. The van der Waals surface area contributed by atoms with Crippen molar-refractivity contribution in [3.05, 3.63) is 16.8 Å². The first-order valence-corrected chi connectivity index (χ1v) is 7.62. The van der Waals surface area contributed by atoms with Crippen LogP contribution in [-0.2, 0) is 0 Å². The van der Waals surface area contributed by atoms with Gasteiger partial charge in [0.25, 0.3) is 0 Å². The summed E-state index contributed by atoms with van der Waals surface area (Å²) in [6, 6.07) is 0.532. The maximum absolute atomic E-state index is 9.33. The van der Waals surface area contributed by atoms with Crippen molar-refractivity contribution in [2.24, 2.45) is 0 Å². The molecule has 4 nitrogen and oxygen atoms in total. The van der Waals surface area contributed by atoms with Gasteiger partial charge in [-0.2, -0.15) is 0 Å². The van der Waals surface area contributed by atoms with Crippen LogP contribution in [0.1, 0.15) is 29.7 Å². The maximum atomic E-state index is 9.33. The number of nitrogens with zero attached hydrogens (tertiary/aromatic N) is 3. The summed E-state index contributed by atoms with van der Waals surface area (Å²) in [5.74, 6) is 1.01. The van der Waals surface area contributed by atoms with E-state index in [1.165, 1.54) is 35.1 Å². The first-order chi connectivity index (χ1) is 9.22. The van der Waals surface area contributed by atoms with Crippen molar-refractivity contribution in [2.45, 2.75) is 39.2 Å². The van der Waals surface area contributed by atoms with Crippen LogP contribution in [0.5, 0.6) is 0 Å². The molecule has 102 valence electrons. The fourth-order valence-corrected chi connectivity index (χ4v) is 3.64. The van der Waals surface area contributed by atoms with Gasteiger partial charge in [-0.05, 0) is 38.7 Å². The Balaban J connectivity index is 2.11. The predicted molar refractivity (Wildman–Crippen MR) is 79.0 cm³/mol. The normalized spacial score (nSPS) is 15.7. The zero-order valence-corrected chi connectivity index (χ0v) is 12.2.